The van der Waals surface area contributed by atoms with Crippen LogP contribution in [0.1, 0.15) is 39.0 Å². The van der Waals surface area contributed by atoms with Gasteiger partial charge in [-0.2, -0.15) is 0 Å². The van der Waals surface area contributed by atoms with Crippen LogP contribution in [0, 0.1) is 0 Å². The largest absolute Gasteiger partial charge is 0.389 e. The summed E-state index contributed by atoms with van der Waals surface area (Å²) in [6.07, 6.45) is 6.36. The Morgan fingerprint density at radius 1 is 1.54 bits per heavy atom. The van der Waals surface area contributed by atoms with Crippen LogP contribution in [0.15, 0.2) is 30.5 Å². The first-order valence-corrected chi connectivity index (χ1v) is 4.93. The maximum Gasteiger partial charge on any atom is 0.0761 e. The molecule has 0 unspecified atom stereocenters. The highest BCUT2D eigenvalue weighted by Gasteiger charge is 2.02. The first kappa shape index (κ1) is 12.2. The molecule has 0 saturated carbocycles. The molecule has 1 atom stereocenters. The van der Waals surface area contributed by atoms with Crippen molar-refractivity contribution in [3.63, 3.8) is 0 Å². The Morgan fingerprint density at radius 3 is 2.69 bits per heavy atom. The first-order chi connectivity index (χ1) is 6.24. The molecule has 0 aromatic heterocycles. The molecular formula is C12H20O. The Kier molecular flexibility index (Phi) is 7.38. The summed E-state index contributed by atoms with van der Waals surface area (Å²) in [5.74, 6) is 0. The molecule has 0 aromatic carbocycles. The quantitative estimate of drug-likeness (QED) is 0.362. The molecule has 1 N–H and O–H groups in total. The molecule has 0 amide bonds. The summed E-state index contributed by atoms with van der Waals surface area (Å²) >= 11 is 0. The minimum atomic E-state index is -0.439. The number of rotatable bonds is 7. The number of hydrogen-bond donors (Lipinski definition) is 1. The SMILES string of the molecule is C=C=C(CCCCC)C[C@H](O)C=C. The lowest BCUT2D eigenvalue weighted by Crippen LogP contribution is -2.02. The monoisotopic (exact) mass is 180 g/mol. The van der Waals surface area contributed by atoms with E-state index < -0.39 is 6.10 Å². The van der Waals surface area contributed by atoms with E-state index in [1.54, 1.807) is 6.08 Å². The number of aliphatic hydroxyl groups excluding tert-OH is 1. The average Bonchev–Trinajstić information content (AvgIpc) is 2.16. The fourth-order valence-corrected chi connectivity index (χ4v) is 1.19. The minimum absolute atomic E-state index is 0.439. The van der Waals surface area contributed by atoms with Crippen molar-refractivity contribution in [3.8, 4) is 0 Å². The summed E-state index contributed by atoms with van der Waals surface area (Å²) in [5.41, 5.74) is 4.00. The summed E-state index contributed by atoms with van der Waals surface area (Å²) in [5, 5.41) is 9.31. The van der Waals surface area contributed by atoms with Crippen molar-refractivity contribution >= 4 is 0 Å². The molecule has 0 aliphatic rings. The predicted molar refractivity (Wildman–Crippen MR) is 57.6 cm³/mol. The van der Waals surface area contributed by atoms with Crippen LogP contribution in [-0.4, -0.2) is 11.2 Å². The van der Waals surface area contributed by atoms with Crippen LogP contribution >= 0.6 is 0 Å². The van der Waals surface area contributed by atoms with Crippen molar-refractivity contribution in [2.24, 2.45) is 0 Å². The van der Waals surface area contributed by atoms with E-state index in [2.05, 4.69) is 25.8 Å². The highest BCUT2D eigenvalue weighted by Crippen LogP contribution is 2.13. The van der Waals surface area contributed by atoms with E-state index in [9.17, 15) is 5.11 Å². The highest BCUT2D eigenvalue weighted by atomic mass is 16.3. The van der Waals surface area contributed by atoms with Gasteiger partial charge in [-0.1, -0.05) is 32.4 Å². The molecule has 1 heteroatoms. The van der Waals surface area contributed by atoms with E-state index in [4.69, 9.17) is 0 Å². The van der Waals surface area contributed by atoms with Gasteiger partial charge in [-0.05, 0) is 18.4 Å². The van der Waals surface area contributed by atoms with E-state index >= 15 is 0 Å². The third-order valence-corrected chi connectivity index (χ3v) is 2.06. The van der Waals surface area contributed by atoms with Gasteiger partial charge < -0.3 is 5.11 Å². The standard InChI is InChI=1S/C12H20O/c1-4-7-8-9-11(5-2)10-12(13)6-3/h6,12-13H,2-4,7-10H2,1H3/t12-/m1/s1. The zero-order chi connectivity index (χ0) is 10.1. The summed E-state index contributed by atoms with van der Waals surface area (Å²) < 4.78 is 0. The van der Waals surface area contributed by atoms with Crippen molar-refractivity contribution in [3.05, 3.63) is 30.5 Å². The molecule has 0 spiro atoms. The van der Waals surface area contributed by atoms with Crippen molar-refractivity contribution in [2.75, 3.05) is 0 Å². The number of unbranched alkanes of at least 4 members (excludes halogenated alkanes) is 2. The van der Waals surface area contributed by atoms with Gasteiger partial charge in [-0.25, -0.2) is 0 Å². The zero-order valence-corrected chi connectivity index (χ0v) is 8.55. The normalized spacial score (nSPS) is 11.8. The molecule has 1 nitrogen and oxygen atoms in total. The smallest absolute Gasteiger partial charge is 0.0761 e. The molecule has 0 saturated heterocycles. The van der Waals surface area contributed by atoms with Crippen LogP contribution in [-0.2, 0) is 0 Å². The topological polar surface area (TPSA) is 20.2 Å². The van der Waals surface area contributed by atoms with E-state index in [1.807, 2.05) is 0 Å². The van der Waals surface area contributed by atoms with Gasteiger partial charge in [0.05, 0.1) is 6.10 Å². The second-order valence-corrected chi connectivity index (χ2v) is 3.24. The molecular weight excluding hydrogens is 160 g/mol. The molecule has 13 heavy (non-hydrogen) atoms. The van der Waals surface area contributed by atoms with Gasteiger partial charge >= 0.3 is 0 Å². The minimum Gasteiger partial charge on any atom is -0.389 e. The second-order valence-electron chi connectivity index (χ2n) is 3.24. The van der Waals surface area contributed by atoms with Crippen LogP contribution in [0.25, 0.3) is 0 Å². The highest BCUT2D eigenvalue weighted by molar-refractivity contribution is 5.03. The maximum absolute atomic E-state index is 9.31. The molecule has 0 rings (SSSR count). The maximum atomic E-state index is 9.31. The summed E-state index contributed by atoms with van der Waals surface area (Å²) in [6, 6.07) is 0. The molecule has 0 radical (unpaired) electrons. The van der Waals surface area contributed by atoms with Gasteiger partial charge in [0.2, 0.25) is 0 Å². The lowest BCUT2D eigenvalue weighted by Gasteiger charge is -2.07. The van der Waals surface area contributed by atoms with Gasteiger partial charge in [0.25, 0.3) is 0 Å². The van der Waals surface area contributed by atoms with Crippen LogP contribution in [0.5, 0.6) is 0 Å². The van der Waals surface area contributed by atoms with Gasteiger partial charge in [0.1, 0.15) is 0 Å². The molecule has 0 fully saturated rings. The lowest BCUT2D eigenvalue weighted by molar-refractivity contribution is 0.222. The van der Waals surface area contributed by atoms with Crippen molar-refractivity contribution in [2.45, 2.75) is 45.1 Å². The summed E-state index contributed by atoms with van der Waals surface area (Å²) in [6.45, 7) is 9.33. The van der Waals surface area contributed by atoms with Crippen LogP contribution < -0.4 is 0 Å². The molecule has 0 aliphatic heterocycles. The first-order valence-electron chi connectivity index (χ1n) is 4.93. The molecule has 0 bridgehead atoms. The Balaban J connectivity index is 3.78. The molecule has 74 valence electrons. The predicted octanol–water partition coefficient (Wildman–Crippen LogP) is 3.22. The van der Waals surface area contributed by atoms with Crippen molar-refractivity contribution < 1.29 is 5.11 Å². The van der Waals surface area contributed by atoms with Crippen molar-refractivity contribution in [1.82, 2.24) is 0 Å². The van der Waals surface area contributed by atoms with E-state index in [0.29, 0.717) is 6.42 Å². The molecule has 0 aliphatic carbocycles. The Bertz CT molecular complexity index is 187. The Labute approximate surface area is 81.5 Å². The Morgan fingerprint density at radius 2 is 2.23 bits per heavy atom. The lowest BCUT2D eigenvalue weighted by atomic mass is 10.0. The van der Waals surface area contributed by atoms with Gasteiger partial charge in [-0.3, -0.25) is 0 Å². The van der Waals surface area contributed by atoms with Gasteiger partial charge in [-0.15, -0.1) is 12.3 Å². The van der Waals surface area contributed by atoms with Crippen LogP contribution in [0.2, 0.25) is 0 Å². The van der Waals surface area contributed by atoms with Gasteiger partial charge in [0, 0.05) is 6.42 Å². The van der Waals surface area contributed by atoms with Gasteiger partial charge in [0.15, 0.2) is 0 Å². The fraction of sp³-hybridized carbons (Fsp3) is 0.583. The number of hydrogen-bond acceptors (Lipinski definition) is 1. The van der Waals surface area contributed by atoms with Crippen LogP contribution in [0.3, 0.4) is 0 Å². The third kappa shape index (κ3) is 6.39. The summed E-state index contributed by atoms with van der Waals surface area (Å²) in [4.78, 5) is 0. The Hall–Kier alpha value is -0.780. The molecule has 0 heterocycles. The number of aliphatic hydroxyl groups is 1. The fourth-order valence-electron chi connectivity index (χ4n) is 1.19. The summed E-state index contributed by atoms with van der Waals surface area (Å²) in [7, 11) is 0. The molecule has 0 aromatic rings. The average molecular weight is 180 g/mol. The third-order valence-electron chi connectivity index (χ3n) is 2.06. The second kappa shape index (κ2) is 7.85. The van der Waals surface area contributed by atoms with Crippen molar-refractivity contribution in [1.29, 1.82) is 0 Å². The van der Waals surface area contributed by atoms with E-state index in [-0.39, 0.29) is 0 Å². The van der Waals surface area contributed by atoms with E-state index in [0.717, 1.165) is 18.4 Å². The van der Waals surface area contributed by atoms with E-state index in [1.165, 1.54) is 12.8 Å². The zero-order valence-electron chi connectivity index (χ0n) is 8.55. The van der Waals surface area contributed by atoms with Crippen LogP contribution in [0.4, 0.5) is 0 Å².